The van der Waals surface area contributed by atoms with Crippen LogP contribution in [0.15, 0.2) is 29.4 Å². The lowest BCUT2D eigenvalue weighted by Crippen LogP contribution is -2.12. The molecule has 1 aromatic carbocycles. The van der Waals surface area contributed by atoms with Crippen LogP contribution in [0.25, 0.3) is 0 Å². The summed E-state index contributed by atoms with van der Waals surface area (Å²) in [7, 11) is 1.63. The quantitative estimate of drug-likeness (QED) is 0.455. The highest BCUT2D eigenvalue weighted by atomic mass is 16.6. The lowest BCUT2D eigenvalue weighted by Gasteiger charge is -2.07. The predicted octanol–water partition coefficient (Wildman–Crippen LogP) is 2.14. The fraction of sp³-hybridized carbons (Fsp3) is 0.538. The zero-order chi connectivity index (χ0) is 13.8. The lowest BCUT2D eigenvalue weighted by molar-refractivity contribution is 0.0180. The van der Waals surface area contributed by atoms with Crippen LogP contribution in [0.2, 0.25) is 0 Å². The van der Waals surface area contributed by atoms with Crippen LogP contribution in [0.4, 0.5) is 5.69 Å². The summed E-state index contributed by atoms with van der Waals surface area (Å²) in [6, 6.07) is 6.61. The number of hydrogen-bond donors (Lipinski definition) is 0. The Morgan fingerprint density at radius 2 is 1.47 bits per heavy atom. The normalized spacial score (nSPS) is 10.4. The fourth-order valence-electron chi connectivity index (χ4n) is 1.29. The molecule has 1 rings (SSSR count). The molecule has 0 aliphatic heterocycles. The van der Waals surface area contributed by atoms with Crippen molar-refractivity contribution >= 4 is 5.69 Å². The molecule has 0 aromatic heterocycles. The highest BCUT2D eigenvalue weighted by Crippen LogP contribution is 2.17. The van der Waals surface area contributed by atoms with E-state index in [9.17, 15) is 4.91 Å². The van der Waals surface area contributed by atoms with Crippen LogP contribution in [-0.2, 0) is 14.2 Å². The molecule has 0 N–H and O–H groups in total. The van der Waals surface area contributed by atoms with Gasteiger partial charge in [0.1, 0.15) is 18.0 Å². The minimum atomic E-state index is 0.386. The molecule has 0 bridgehead atoms. The number of ether oxygens (including phenoxy) is 4. The molecular formula is C13H19NO5. The molecule has 0 saturated carbocycles. The minimum absolute atomic E-state index is 0.386. The second-order valence-electron chi connectivity index (χ2n) is 3.65. The van der Waals surface area contributed by atoms with Crippen LogP contribution in [0.5, 0.6) is 5.75 Å². The second kappa shape index (κ2) is 10.4. The molecule has 0 aliphatic rings. The molecule has 0 spiro atoms. The number of methoxy groups -OCH3 is 1. The van der Waals surface area contributed by atoms with Gasteiger partial charge in [-0.1, -0.05) is 0 Å². The molecule has 0 heterocycles. The van der Waals surface area contributed by atoms with Gasteiger partial charge in [0.25, 0.3) is 0 Å². The minimum Gasteiger partial charge on any atom is -0.491 e. The predicted molar refractivity (Wildman–Crippen MR) is 70.9 cm³/mol. The van der Waals surface area contributed by atoms with E-state index < -0.39 is 0 Å². The Morgan fingerprint density at radius 1 is 0.895 bits per heavy atom. The van der Waals surface area contributed by atoms with Crippen molar-refractivity contribution < 1.29 is 18.9 Å². The number of nitrogens with zero attached hydrogens (tertiary/aromatic N) is 1. The Labute approximate surface area is 112 Å². The van der Waals surface area contributed by atoms with Crippen molar-refractivity contribution in [1.82, 2.24) is 0 Å². The first-order chi connectivity index (χ1) is 9.36. The fourth-order valence-corrected chi connectivity index (χ4v) is 1.29. The molecule has 0 unspecified atom stereocenters. The Balaban J connectivity index is 1.96. The maximum Gasteiger partial charge on any atom is 0.119 e. The molecular weight excluding hydrogens is 250 g/mol. The molecule has 106 valence electrons. The maximum atomic E-state index is 10.2. The van der Waals surface area contributed by atoms with Crippen molar-refractivity contribution in [2.75, 3.05) is 46.8 Å². The van der Waals surface area contributed by atoms with Gasteiger partial charge in [0.2, 0.25) is 0 Å². The van der Waals surface area contributed by atoms with Crippen LogP contribution in [0.3, 0.4) is 0 Å². The topological polar surface area (TPSA) is 66.3 Å². The van der Waals surface area contributed by atoms with Gasteiger partial charge < -0.3 is 18.9 Å². The van der Waals surface area contributed by atoms with E-state index in [4.69, 9.17) is 18.9 Å². The number of rotatable bonds is 11. The van der Waals surface area contributed by atoms with Crippen molar-refractivity contribution in [1.29, 1.82) is 0 Å². The van der Waals surface area contributed by atoms with Gasteiger partial charge in [-0.25, -0.2) is 0 Å². The Bertz CT molecular complexity index is 341. The van der Waals surface area contributed by atoms with Crippen molar-refractivity contribution in [2.24, 2.45) is 5.18 Å². The van der Waals surface area contributed by atoms with Gasteiger partial charge >= 0.3 is 0 Å². The largest absolute Gasteiger partial charge is 0.491 e. The third-order valence-electron chi connectivity index (χ3n) is 2.24. The van der Waals surface area contributed by atoms with Gasteiger partial charge in [-0.3, -0.25) is 0 Å². The summed E-state index contributed by atoms with van der Waals surface area (Å²) in [6.07, 6.45) is 0. The van der Waals surface area contributed by atoms with Crippen molar-refractivity contribution in [3.05, 3.63) is 29.2 Å². The van der Waals surface area contributed by atoms with E-state index in [1.807, 2.05) is 0 Å². The summed E-state index contributed by atoms with van der Waals surface area (Å²) in [6.45, 7) is 3.18. The van der Waals surface area contributed by atoms with E-state index in [1.54, 1.807) is 31.4 Å². The van der Waals surface area contributed by atoms with E-state index in [-0.39, 0.29) is 0 Å². The summed E-state index contributed by atoms with van der Waals surface area (Å²) in [5.74, 6) is 0.687. The lowest BCUT2D eigenvalue weighted by atomic mass is 10.3. The van der Waals surface area contributed by atoms with E-state index in [0.717, 1.165) is 0 Å². The molecule has 0 radical (unpaired) electrons. The highest BCUT2D eigenvalue weighted by molar-refractivity contribution is 5.40. The van der Waals surface area contributed by atoms with Crippen LogP contribution in [0.1, 0.15) is 0 Å². The van der Waals surface area contributed by atoms with Crippen molar-refractivity contribution in [3.8, 4) is 5.75 Å². The van der Waals surface area contributed by atoms with Crippen molar-refractivity contribution in [2.45, 2.75) is 0 Å². The molecule has 0 atom stereocenters. The average Bonchev–Trinajstić information content (AvgIpc) is 2.46. The van der Waals surface area contributed by atoms with E-state index in [2.05, 4.69) is 5.18 Å². The standard InChI is InChI=1S/C13H19NO5/c1-16-6-7-17-8-9-18-10-11-19-13-4-2-12(14-15)3-5-13/h2-5H,6-11H2,1H3. The Hall–Kier alpha value is -1.50. The number of hydrogen-bond acceptors (Lipinski definition) is 6. The van der Waals surface area contributed by atoms with E-state index in [1.165, 1.54) is 0 Å². The molecule has 0 saturated heterocycles. The van der Waals surface area contributed by atoms with Gasteiger partial charge in [0, 0.05) is 7.11 Å². The molecule has 0 amide bonds. The summed E-state index contributed by atoms with van der Waals surface area (Å²) < 4.78 is 20.8. The number of benzene rings is 1. The van der Waals surface area contributed by atoms with Crippen molar-refractivity contribution in [3.63, 3.8) is 0 Å². The summed E-state index contributed by atoms with van der Waals surface area (Å²) in [4.78, 5) is 10.2. The molecule has 0 fully saturated rings. The van der Waals surface area contributed by atoms with Crippen LogP contribution >= 0.6 is 0 Å². The van der Waals surface area contributed by atoms with Crippen LogP contribution < -0.4 is 4.74 Å². The summed E-state index contributed by atoms with van der Waals surface area (Å²) >= 11 is 0. The third kappa shape index (κ3) is 7.50. The number of nitroso groups, excluding NO2 is 1. The Morgan fingerprint density at radius 3 is 2.05 bits per heavy atom. The van der Waals surface area contributed by atoms with Gasteiger partial charge in [-0.15, -0.1) is 4.91 Å². The summed E-state index contributed by atoms with van der Waals surface area (Å²) in [5, 5.41) is 2.81. The molecule has 19 heavy (non-hydrogen) atoms. The zero-order valence-corrected chi connectivity index (χ0v) is 11.0. The molecule has 6 heteroatoms. The zero-order valence-electron chi connectivity index (χ0n) is 11.0. The van der Waals surface area contributed by atoms with E-state index in [0.29, 0.717) is 51.1 Å². The van der Waals surface area contributed by atoms with Crippen LogP contribution in [-0.4, -0.2) is 46.8 Å². The molecule has 0 aliphatic carbocycles. The first-order valence-corrected chi connectivity index (χ1v) is 6.07. The summed E-state index contributed by atoms with van der Waals surface area (Å²) in [5.41, 5.74) is 0.386. The van der Waals surface area contributed by atoms with E-state index >= 15 is 0 Å². The first-order valence-electron chi connectivity index (χ1n) is 6.07. The smallest absolute Gasteiger partial charge is 0.119 e. The van der Waals surface area contributed by atoms with Gasteiger partial charge in [-0.2, -0.15) is 0 Å². The molecule has 1 aromatic rings. The third-order valence-corrected chi connectivity index (χ3v) is 2.24. The monoisotopic (exact) mass is 269 g/mol. The maximum absolute atomic E-state index is 10.2. The van der Waals surface area contributed by atoms with Gasteiger partial charge in [-0.05, 0) is 29.4 Å². The van der Waals surface area contributed by atoms with Gasteiger partial charge in [0.05, 0.1) is 33.0 Å². The second-order valence-corrected chi connectivity index (χ2v) is 3.65. The SMILES string of the molecule is COCCOCCOCCOc1ccc(N=O)cc1. The first kappa shape index (κ1) is 15.6. The van der Waals surface area contributed by atoms with Gasteiger partial charge in [0.15, 0.2) is 0 Å². The molecule has 6 nitrogen and oxygen atoms in total. The average molecular weight is 269 g/mol. The van der Waals surface area contributed by atoms with Crippen LogP contribution in [0, 0.1) is 4.91 Å². The highest BCUT2D eigenvalue weighted by Gasteiger charge is 1.95. The Kier molecular flexibility index (Phi) is 8.54.